The average Bonchev–Trinajstić information content (AvgIpc) is 3.12. The van der Waals surface area contributed by atoms with E-state index in [9.17, 15) is 9.59 Å². The van der Waals surface area contributed by atoms with Crippen LogP contribution in [0.15, 0.2) is 24.0 Å². The second-order valence-corrected chi connectivity index (χ2v) is 8.69. The van der Waals surface area contributed by atoms with Gasteiger partial charge in [0.05, 0.1) is 0 Å². The molecule has 7 nitrogen and oxygen atoms in total. The van der Waals surface area contributed by atoms with Crippen LogP contribution < -0.4 is 5.32 Å². The Kier molecular flexibility index (Phi) is 3.32. The molecule has 5 rings (SSSR count). The Morgan fingerprint density at radius 3 is 2.71 bits per heavy atom. The third-order valence-electron chi connectivity index (χ3n) is 4.72. The van der Waals surface area contributed by atoms with E-state index in [0.29, 0.717) is 12.5 Å². The summed E-state index contributed by atoms with van der Waals surface area (Å²) in [6.45, 7) is 6.20. The van der Waals surface area contributed by atoms with Crippen LogP contribution in [0.3, 0.4) is 0 Å². The Morgan fingerprint density at radius 2 is 2.00 bits per heavy atom. The van der Waals surface area contributed by atoms with Crippen molar-refractivity contribution < 1.29 is 14.3 Å². The number of nitrogens with one attached hydrogen (secondary N) is 1. The van der Waals surface area contributed by atoms with Crippen molar-refractivity contribution in [2.45, 2.75) is 50.4 Å². The molecule has 2 bridgehead atoms. The smallest absolute Gasteiger partial charge is 0.412 e. The van der Waals surface area contributed by atoms with Crippen molar-refractivity contribution in [1.82, 2.24) is 20.0 Å². The first kappa shape index (κ1) is 15.7. The van der Waals surface area contributed by atoms with Crippen LogP contribution in [0, 0.1) is 5.92 Å². The van der Waals surface area contributed by atoms with Gasteiger partial charge >= 0.3 is 12.1 Å². The molecule has 4 aliphatic heterocycles. The Labute approximate surface area is 145 Å². The normalized spacial score (nSPS) is 32.9. The molecular formula is C16H22N4O3S. The Hall–Kier alpha value is -1.83. The second kappa shape index (κ2) is 5.08. The molecular weight excluding hydrogens is 328 g/mol. The van der Waals surface area contributed by atoms with Gasteiger partial charge in [-0.1, -0.05) is 11.8 Å². The van der Waals surface area contributed by atoms with Gasteiger partial charge in [-0.25, -0.2) is 9.59 Å². The lowest BCUT2D eigenvalue weighted by atomic mass is 9.80. The highest BCUT2D eigenvalue weighted by Crippen LogP contribution is 2.49. The minimum atomic E-state index is -0.595. The maximum Gasteiger partial charge on any atom is 0.412 e. The van der Waals surface area contributed by atoms with E-state index in [0.717, 1.165) is 12.8 Å². The van der Waals surface area contributed by atoms with E-state index in [2.05, 4.69) is 5.32 Å². The van der Waals surface area contributed by atoms with Crippen LogP contribution in [-0.4, -0.2) is 50.1 Å². The maximum absolute atomic E-state index is 12.7. The third-order valence-corrected chi connectivity index (χ3v) is 5.72. The molecule has 1 saturated carbocycles. The van der Waals surface area contributed by atoms with Gasteiger partial charge in [-0.3, -0.25) is 9.80 Å². The molecule has 0 aromatic heterocycles. The van der Waals surface area contributed by atoms with Gasteiger partial charge in [0.15, 0.2) is 5.50 Å². The van der Waals surface area contributed by atoms with E-state index in [-0.39, 0.29) is 17.6 Å². The highest BCUT2D eigenvalue weighted by molar-refractivity contribution is 8.02. The first-order valence-electron chi connectivity index (χ1n) is 8.16. The van der Waals surface area contributed by atoms with E-state index in [1.165, 1.54) is 0 Å². The van der Waals surface area contributed by atoms with Crippen LogP contribution >= 0.6 is 11.8 Å². The lowest BCUT2D eigenvalue weighted by Crippen LogP contribution is -2.63. The topological polar surface area (TPSA) is 65.1 Å². The SMILES string of the molecule is CC(C)(C)OC(=O)N1CC2CC1(NC(=O)N1C=CN3C=CSC31)C2. The fourth-order valence-electron chi connectivity index (χ4n) is 3.72. The van der Waals surface area contributed by atoms with Gasteiger partial charge in [0.2, 0.25) is 0 Å². The van der Waals surface area contributed by atoms with Crippen molar-refractivity contribution in [2.24, 2.45) is 5.92 Å². The molecule has 1 N–H and O–H groups in total. The summed E-state index contributed by atoms with van der Waals surface area (Å²) in [6.07, 6.45) is 6.85. The van der Waals surface area contributed by atoms with Crippen LogP contribution in [-0.2, 0) is 4.74 Å². The summed E-state index contributed by atoms with van der Waals surface area (Å²) in [6, 6.07) is -0.177. The summed E-state index contributed by atoms with van der Waals surface area (Å²) in [5.74, 6) is 0.450. The predicted octanol–water partition coefficient (Wildman–Crippen LogP) is 2.64. The molecule has 8 heteroatoms. The number of carbonyl (C=O) groups is 2. The lowest BCUT2D eigenvalue weighted by Gasteiger charge is -2.43. The minimum Gasteiger partial charge on any atom is -0.444 e. The van der Waals surface area contributed by atoms with Crippen LogP contribution in [0.1, 0.15) is 33.6 Å². The number of hydrogen-bond donors (Lipinski definition) is 1. The second-order valence-electron chi connectivity index (χ2n) is 7.73. The molecule has 1 aliphatic carbocycles. The summed E-state index contributed by atoms with van der Waals surface area (Å²) < 4.78 is 5.51. The monoisotopic (exact) mass is 350 g/mol. The molecule has 3 fully saturated rings. The van der Waals surface area contributed by atoms with E-state index < -0.39 is 11.3 Å². The molecule has 5 aliphatic rings. The Balaban J connectivity index is 1.44. The average molecular weight is 350 g/mol. The fourth-order valence-corrected chi connectivity index (χ4v) is 4.65. The van der Waals surface area contributed by atoms with Crippen molar-refractivity contribution in [2.75, 3.05) is 6.54 Å². The highest BCUT2D eigenvalue weighted by Gasteiger charge is 2.60. The minimum absolute atomic E-state index is 0.0614. The summed E-state index contributed by atoms with van der Waals surface area (Å²) in [4.78, 5) is 30.6. The molecule has 0 radical (unpaired) electrons. The summed E-state index contributed by atoms with van der Waals surface area (Å²) >= 11 is 1.58. The molecule has 3 amide bonds. The van der Waals surface area contributed by atoms with Gasteiger partial charge in [0.25, 0.3) is 0 Å². The Bertz CT molecular complexity index is 636. The number of amides is 3. The zero-order valence-corrected chi connectivity index (χ0v) is 14.9. The van der Waals surface area contributed by atoms with Gasteiger partial charge in [-0.05, 0) is 44.9 Å². The maximum atomic E-state index is 12.7. The van der Waals surface area contributed by atoms with Crippen LogP contribution in [0.5, 0.6) is 0 Å². The van der Waals surface area contributed by atoms with Crippen molar-refractivity contribution in [3.05, 3.63) is 24.0 Å². The Morgan fingerprint density at radius 1 is 1.25 bits per heavy atom. The fraction of sp³-hybridized carbons (Fsp3) is 0.625. The summed E-state index contributed by atoms with van der Waals surface area (Å²) in [5.41, 5.74) is -1.20. The van der Waals surface area contributed by atoms with Gasteiger partial charge in [0, 0.05) is 25.1 Å². The van der Waals surface area contributed by atoms with Crippen molar-refractivity contribution >= 4 is 23.9 Å². The molecule has 1 atom stereocenters. The van der Waals surface area contributed by atoms with E-state index in [1.807, 2.05) is 43.5 Å². The highest BCUT2D eigenvalue weighted by atomic mass is 32.2. The molecule has 0 spiro atoms. The number of ether oxygens (including phenoxy) is 1. The molecule has 1 unspecified atom stereocenters. The van der Waals surface area contributed by atoms with Crippen molar-refractivity contribution in [1.29, 1.82) is 0 Å². The summed E-state index contributed by atoms with van der Waals surface area (Å²) in [5, 5.41) is 5.05. The van der Waals surface area contributed by atoms with E-state index in [1.54, 1.807) is 27.8 Å². The molecule has 2 saturated heterocycles. The first-order chi connectivity index (χ1) is 11.3. The molecule has 24 heavy (non-hydrogen) atoms. The standard InChI is InChI=1S/C16H22N4O3S/c1-15(2,3)23-14(22)20-10-11-8-16(20,9-11)17-12(21)19-5-4-18-6-7-24-13(18)19/h4-7,11,13H,8-10H2,1-3H3,(H,17,21). The van der Waals surface area contributed by atoms with Gasteiger partial charge in [-0.2, -0.15) is 0 Å². The van der Waals surface area contributed by atoms with E-state index in [4.69, 9.17) is 4.74 Å². The van der Waals surface area contributed by atoms with Crippen molar-refractivity contribution in [3.8, 4) is 0 Å². The number of hydrogen-bond acceptors (Lipinski definition) is 5. The number of urea groups is 1. The molecule has 130 valence electrons. The van der Waals surface area contributed by atoms with Crippen LogP contribution in [0.25, 0.3) is 0 Å². The number of fused-ring (bicyclic) bond motifs is 2. The van der Waals surface area contributed by atoms with Gasteiger partial charge < -0.3 is 15.0 Å². The van der Waals surface area contributed by atoms with Crippen molar-refractivity contribution in [3.63, 3.8) is 0 Å². The number of rotatable bonds is 1. The largest absolute Gasteiger partial charge is 0.444 e. The summed E-state index contributed by atoms with van der Waals surface area (Å²) in [7, 11) is 0. The van der Waals surface area contributed by atoms with Gasteiger partial charge in [0.1, 0.15) is 11.3 Å². The zero-order valence-electron chi connectivity index (χ0n) is 14.1. The molecule has 0 aromatic rings. The number of thioether (sulfide) groups is 1. The zero-order chi connectivity index (χ0) is 17.1. The number of nitrogens with zero attached hydrogens (tertiary/aromatic N) is 3. The third kappa shape index (κ3) is 2.44. The van der Waals surface area contributed by atoms with E-state index >= 15 is 0 Å². The quantitative estimate of drug-likeness (QED) is 0.788. The first-order valence-corrected chi connectivity index (χ1v) is 9.11. The van der Waals surface area contributed by atoms with Crippen LogP contribution in [0.2, 0.25) is 0 Å². The predicted molar refractivity (Wildman–Crippen MR) is 90.3 cm³/mol. The van der Waals surface area contributed by atoms with Gasteiger partial charge in [-0.15, -0.1) is 0 Å². The number of carbonyl (C=O) groups excluding carboxylic acids is 2. The lowest BCUT2D eigenvalue weighted by molar-refractivity contribution is 0.000491. The molecule has 0 aromatic carbocycles. The van der Waals surface area contributed by atoms with Crippen LogP contribution in [0.4, 0.5) is 9.59 Å². The molecule has 4 heterocycles.